The van der Waals surface area contributed by atoms with Crippen LogP contribution in [-0.2, 0) is 11.3 Å². The van der Waals surface area contributed by atoms with Gasteiger partial charge in [-0.2, -0.15) is 0 Å². The summed E-state index contributed by atoms with van der Waals surface area (Å²) in [5.74, 6) is 1.25. The fraction of sp³-hybridized carbons (Fsp3) is 0.483. The number of nitrogens with one attached hydrogen (secondary N) is 2. The molecule has 6 nitrogen and oxygen atoms in total. The summed E-state index contributed by atoms with van der Waals surface area (Å²) in [6.07, 6.45) is 3.30. The molecule has 0 saturated carbocycles. The van der Waals surface area contributed by atoms with Crippen LogP contribution >= 0.6 is 0 Å². The summed E-state index contributed by atoms with van der Waals surface area (Å²) >= 11 is 0. The molecule has 2 aromatic carbocycles. The molecular weight excluding hydrogens is 434 g/mol. The Hall–Kier alpha value is -2.99. The van der Waals surface area contributed by atoms with Gasteiger partial charge < -0.3 is 15.1 Å². The van der Waals surface area contributed by atoms with Crippen molar-refractivity contribution in [3.05, 3.63) is 70.0 Å². The number of fused-ring (bicyclic) bond motifs is 1. The molecule has 2 heterocycles. The largest absolute Gasteiger partial charge is 0.353 e. The van der Waals surface area contributed by atoms with E-state index in [4.69, 9.17) is 0 Å². The molecule has 1 atom stereocenters. The van der Waals surface area contributed by atoms with Crippen LogP contribution in [0.2, 0.25) is 0 Å². The van der Waals surface area contributed by atoms with E-state index in [1.165, 1.54) is 46.3 Å². The summed E-state index contributed by atoms with van der Waals surface area (Å²) < 4.78 is 0. The van der Waals surface area contributed by atoms with Crippen molar-refractivity contribution in [1.82, 2.24) is 15.3 Å². The van der Waals surface area contributed by atoms with E-state index < -0.39 is 0 Å². The first-order valence-electron chi connectivity index (χ1n) is 12.9. The van der Waals surface area contributed by atoms with Crippen LogP contribution in [0.4, 0.5) is 11.4 Å². The lowest BCUT2D eigenvalue weighted by molar-refractivity contribution is -0.114. The van der Waals surface area contributed by atoms with Crippen molar-refractivity contribution in [2.24, 2.45) is 0 Å². The molecule has 4 rings (SSSR count). The van der Waals surface area contributed by atoms with Crippen LogP contribution in [0.1, 0.15) is 62.3 Å². The zero-order valence-electron chi connectivity index (χ0n) is 22.5. The van der Waals surface area contributed by atoms with Gasteiger partial charge in [-0.05, 0) is 75.8 Å². The van der Waals surface area contributed by atoms with Crippen LogP contribution in [0.25, 0.3) is 0 Å². The third kappa shape index (κ3) is 4.90. The molecule has 0 radical (unpaired) electrons. The van der Waals surface area contributed by atoms with E-state index in [2.05, 4.69) is 91.5 Å². The minimum absolute atomic E-state index is 0.0452. The van der Waals surface area contributed by atoms with Gasteiger partial charge in [0.05, 0.1) is 0 Å². The highest BCUT2D eigenvalue weighted by atomic mass is 16.1. The van der Waals surface area contributed by atoms with Crippen molar-refractivity contribution in [3.8, 4) is 0 Å². The Bertz CT molecular complexity index is 1100. The van der Waals surface area contributed by atoms with E-state index in [1.807, 2.05) is 12.1 Å². The SMILES string of the molecule is CCCN(Cc1ccc(NC(C)=O)cc1)C1=C2CCCN(c3c(C)cc(C)cc3C)C2(C)NN1C. The van der Waals surface area contributed by atoms with Gasteiger partial charge in [-0.15, -0.1) is 0 Å². The highest BCUT2D eigenvalue weighted by Gasteiger charge is 2.48. The molecule has 6 heteroatoms. The number of nitrogens with zero attached hydrogens (tertiary/aromatic N) is 3. The third-order valence-corrected chi connectivity index (χ3v) is 7.26. The number of rotatable bonds is 7. The first-order chi connectivity index (χ1) is 16.6. The Balaban J connectivity index is 1.69. The number of anilines is 2. The molecule has 0 bridgehead atoms. The van der Waals surface area contributed by atoms with Crippen molar-refractivity contribution in [2.45, 2.75) is 73.0 Å². The predicted molar refractivity (Wildman–Crippen MR) is 145 cm³/mol. The average Bonchev–Trinajstić information content (AvgIpc) is 3.04. The molecule has 2 aliphatic heterocycles. The van der Waals surface area contributed by atoms with Gasteiger partial charge in [-0.1, -0.05) is 36.8 Å². The molecule has 1 saturated heterocycles. The van der Waals surface area contributed by atoms with Gasteiger partial charge in [0.15, 0.2) is 0 Å². The van der Waals surface area contributed by atoms with E-state index in [-0.39, 0.29) is 11.6 Å². The zero-order valence-corrected chi connectivity index (χ0v) is 22.5. The van der Waals surface area contributed by atoms with E-state index in [0.717, 1.165) is 44.6 Å². The Morgan fingerprint density at radius 3 is 2.40 bits per heavy atom. The summed E-state index contributed by atoms with van der Waals surface area (Å²) in [4.78, 5) is 16.5. The summed E-state index contributed by atoms with van der Waals surface area (Å²) in [6, 6.07) is 12.8. The fourth-order valence-corrected chi connectivity index (χ4v) is 6.07. The summed E-state index contributed by atoms with van der Waals surface area (Å²) in [5.41, 5.74) is 12.5. The van der Waals surface area contributed by atoms with Gasteiger partial charge in [0.25, 0.3) is 0 Å². The minimum atomic E-state index is -0.256. The van der Waals surface area contributed by atoms with Crippen molar-refractivity contribution in [3.63, 3.8) is 0 Å². The van der Waals surface area contributed by atoms with E-state index in [9.17, 15) is 4.79 Å². The Labute approximate surface area is 211 Å². The zero-order chi connectivity index (χ0) is 25.3. The Morgan fingerprint density at radius 2 is 1.80 bits per heavy atom. The number of hydrazine groups is 1. The van der Waals surface area contributed by atoms with Gasteiger partial charge in [0.2, 0.25) is 5.91 Å². The van der Waals surface area contributed by atoms with Crippen LogP contribution in [0.15, 0.2) is 47.8 Å². The van der Waals surface area contributed by atoms with Crippen molar-refractivity contribution >= 4 is 17.3 Å². The molecule has 1 amide bonds. The molecule has 1 unspecified atom stereocenters. The van der Waals surface area contributed by atoms with Crippen LogP contribution in [0, 0.1) is 20.8 Å². The maximum Gasteiger partial charge on any atom is 0.221 e. The quantitative estimate of drug-likeness (QED) is 0.557. The monoisotopic (exact) mass is 475 g/mol. The molecule has 2 aromatic rings. The van der Waals surface area contributed by atoms with Gasteiger partial charge in [0, 0.05) is 50.6 Å². The van der Waals surface area contributed by atoms with Crippen molar-refractivity contribution in [1.29, 1.82) is 0 Å². The average molecular weight is 476 g/mol. The predicted octanol–water partition coefficient (Wildman–Crippen LogP) is 5.46. The lowest BCUT2D eigenvalue weighted by atomic mass is 9.89. The van der Waals surface area contributed by atoms with E-state index in [0.29, 0.717) is 0 Å². The minimum Gasteiger partial charge on any atom is -0.353 e. The number of amides is 1. The first-order valence-corrected chi connectivity index (χ1v) is 12.9. The van der Waals surface area contributed by atoms with Crippen LogP contribution < -0.4 is 15.6 Å². The third-order valence-electron chi connectivity index (χ3n) is 7.26. The smallest absolute Gasteiger partial charge is 0.221 e. The van der Waals surface area contributed by atoms with Gasteiger partial charge in [-0.3, -0.25) is 9.80 Å². The number of hydrogen-bond donors (Lipinski definition) is 2. The number of carbonyl (C=O) groups excluding carboxylic acids is 1. The summed E-state index contributed by atoms with van der Waals surface area (Å²) in [5, 5.41) is 5.11. The van der Waals surface area contributed by atoms with Crippen molar-refractivity contribution in [2.75, 3.05) is 30.4 Å². The lowest BCUT2D eigenvalue weighted by Crippen LogP contribution is -2.60. The molecule has 0 aromatic heterocycles. The molecule has 0 aliphatic carbocycles. The van der Waals surface area contributed by atoms with Crippen molar-refractivity contribution < 1.29 is 4.79 Å². The highest BCUT2D eigenvalue weighted by molar-refractivity contribution is 5.88. The summed E-state index contributed by atoms with van der Waals surface area (Å²) in [7, 11) is 2.15. The van der Waals surface area contributed by atoms with Crippen LogP contribution in [0.5, 0.6) is 0 Å². The van der Waals surface area contributed by atoms with Gasteiger partial charge >= 0.3 is 0 Å². The first kappa shape index (κ1) is 25.1. The fourth-order valence-electron chi connectivity index (χ4n) is 6.07. The number of piperidine rings is 1. The number of carbonyl (C=O) groups is 1. The normalized spacial score (nSPS) is 19.7. The van der Waals surface area contributed by atoms with Gasteiger partial charge in [0.1, 0.15) is 11.5 Å². The van der Waals surface area contributed by atoms with Crippen LogP contribution in [0.3, 0.4) is 0 Å². The maximum atomic E-state index is 11.4. The second kappa shape index (κ2) is 9.94. The van der Waals surface area contributed by atoms with E-state index >= 15 is 0 Å². The van der Waals surface area contributed by atoms with Crippen LogP contribution in [-0.4, -0.2) is 41.6 Å². The second-order valence-electron chi connectivity index (χ2n) is 10.3. The second-order valence-corrected chi connectivity index (χ2v) is 10.3. The Kier molecular flexibility index (Phi) is 7.13. The highest BCUT2D eigenvalue weighted by Crippen LogP contribution is 2.44. The standard InChI is InChI=1S/C29H41N5O/c1-8-15-33(19-24-11-13-25(14-12-24)30-23(5)35)28-26-10-9-16-34(29(26,6)31-32(28)7)27-21(3)17-20(2)18-22(27)4/h11-14,17-18,31H,8-10,15-16,19H2,1-7H3,(H,30,35). The molecular formula is C29H41N5O. The maximum absolute atomic E-state index is 11.4. The molecule has 0 spiro atoms. The van der Waals surface area contributed by atoms with Gasteiger partial charge in [-0.25, -0.2) is 5.43 Å². The molecule has 2 aliphatic rings. The molecule has 1 fully saturated rings. The number of benzene rings is 2. The number of hydrogen-bond acceptors (Lipinski definition) is 5. The Morgan fingerprint density at radius 1 is 1.14 bits per heavy atom. The summed E-state index contributed by atoms with van der Waals surface area (Å²) in [6.45, 7) is 15.6. The molecule has 2 N–H and O–H groups in total. The lowest BCUT2D eigenvalue weighted by Gasteiger charge is -2.46. The topological polar surface area (TPSA) is 50.9 Å². The number of aryl methyl sites for hydroxylation is 3. The molecule has 188 valence electrons. The molecule has 35 heavy (non-hydrogen) atoms. The van der Waals surface area contributed by atoms with E-state index in [1.54, 1.807) is 0 Å².